The second-order valence-electron chi connectivity index (χ2n) is 4.26. The van der Waals surface area contributed by atoms with Gasteiger partial charge in [-0.1, -0.05) is 23.2 Å². The summed E-state index contributed by atoms with van der Waals surface area (Å²) >= 11 is 15.8. The first-order valence-electron chi connectivity index (χ1n) is 5.94. The molecule has 0 atom stereocenters. The van der Waals surface area contributed by atoms with E-state index in [2.05, 4.69) is 15.9 Å². The Bertz CT molecular complexity index is 818. The third-order valence-electron chi connectivity index (χ3n) is 2.82. The predicted octanol–water partition coefficient (Wildman–Crippen LogP) is 5.59. The van der Waals surface area contributed by atoms with Gasteiger partial charge in [0.2, 0.25) is 0 Å². The summed E-state index contributed by atoms with van der Waals surface area (Å²) in [6, 6.07) is 7.98. The van der Waals surface area contributed by atoms with E-state index in [1.54, 1.807) is 18.2 Å². The maximum absolute atomic E-state index is 12.4. The number of rotatable bonds is 2. The van der Waals surface area contributed by atoms with Crippen LogP contribution in [0.4, 0.5) is 10.5 Å². The van der Waals surface area contributed by atoms with Gasteiger partial charge in [0.25, 0.3) is 11.1 Å². The largest absolute Gasteiger partial charge is 0.450 e. The fourth-order valence-corrected chi connectivity index (χ4v) is 3.28. The number of carbonyl (C=O) groups excluding carboxylic acids is 2. The van der Waals surface area contributed by atoms with Gasteiger partial charge in [0.05, 0.1) is 20.6 Å². The fourth-order valence-electron chi connectivity index (χ4n) is 1.85. The van der Waals surface area contributed by atoms with Gasteiger partial charge in [0, 0.05) is 6.08 Å². The third-order valence-corrected chi connectivity index (χ3v) is 4.86. The van der Waals surface area contributed by atoms with E-state index < -0.39 is 11.1 Å². The van der Waals surface area contributed by atoms with Gasteiger partial charge in [-0.05, 0) is 58.0 Å². The van der Waals surface area contributed by atoms with Crippen LogP contribution in [-0.2, 0) is 4.79 Å². The van der Waals surface area contributed by atoms with Crippen molar-refractivity contribution in [2.24, 2.45) is 0 Å². The van der Waals surface area contributed by atoms with Crippen molar-refractivity contribution in [1.82, 2.24) is 0 Å². The lowest BCUT2D eigenvalue weighted by atomic mass is 10.3. The highest BCUT2D eigenvalue weighted by molar-refractivity contribution is 9.10. The number of carbonyl (C=O) groups is 2. The van der Waals surface area contributed by atoms with E-state index >= 15 is 0 Å². The summed E-state index contributed by atoms with van der Waals surface area (Å²) in [5.41, 5.74) is 0.376. The minimum atomic E-state index is -0.430. The topological polar surface area (TPSA) is 50.5 Å². The molecule has 3 rings (SSSR count). The maximum Gasteiger partial charge on any atom is 0.298 e. The van der Waals surface area contributed by atoms with Crippen LogP contribution in [0.25, 0.3) is 6.08 Å². The third kappa shape index (κ3) is 2.96. The summed E-state index contributed by atoms with van der Waals surface area (Å²) in [6.45, 7) is 0. The highest BCUT2D eigenvalue weighted by Gasteiger charge is 2.36. The fraction of sp³-hybridized carbons (Fsp3) is 0. The minimum Gasteiger partial charge on any atom is -0.450 e. The van der Waals surface area contributed by atoms with Gasteiger partial charge in [-0.2, -0.15) is 0 Å². The molecule has 0 radical (unpaired) electrons. The van der Waals surface area contributed by atoms with Crippen molar-refractivity contribution in [2.75, 3.05) is 4.90 Å². The van der Waals surface area contributed by atoms with Gasteiger partial charge in [0.15, 0.2) is 4.67 Å². The van der Waals surface area contributed by atoms with Crippen LogP contribution in [0.2, 0.25) is 10.0 Å². The SMILES string of the molecule is O=C1S/C(=C/c2ccc(Br)o2)C(=O)N1c1ccc(Cl)c(Cl)c1. The van der Waals surface area contributed by atoms with Gasteiger partial charge >= 0.3 is 0 Å². The average molecular weight is 419 g/mol. The lowest BCUT2D eigenvalue weighted by Gasteiger charge is -2.12. The van der Waals surface area contributed by atoms with Gasteiger partial charge in [0.1, 0.15) is 5.76 Å². The molecule has 22 heavy (non-hydrogen) atoms. The van der Waals surface area contributed by atoms with E-state index in [4.69, 9.17) is 27.6 Å². The Morgan fingerprint density at radius 1 is 1.14 bits per heavy atom. The van der Waals surface area contributed by atoms with E-state index in [0.717, 1.165) is 16.7 Å². The number of halogens is 3. The molecule has 8 heteroatoms. The van der Waals surface area contributed by atoms with Crippen LogP contribution >= 0.6 is 50.9 Å². The van der Waals surface area contributed by atoms with E-state index in [0.29, 0.717) is 21.1 Å². The van der Waals surface area contributed by atoms with Crippen LogP contribution in [0.15, 0.2) is 44.3 Å². The number of amides is 2. The van der Waals surface area contributed by atoms with E-state index in [9.17, 15) is 9.59 Å². The molecular weight excluding hydrogens is 413 g/mol. The molecule has 1 aromatic heterocycles. The molecule has 2 amide bonds. The lowest BCUT2D eigenvalue weighted by Crippen LogP contribution is -2.27. The quantitative estimate of drug-likeness (QED) is 0.596. The molecule has 112 valence electrons. The molecular formula is C14H6BrCl2NO3S. The van der Waals surface area contributed by atoms with Crippen molar-refractivity contribution in [2.45, 2.75) is 0 Å². The smallest absolute Gasteiger partial charge is 0.298 e. The zero-order valence-electron chi connectivity index (χ0n) is 10.7. The van der Waals surface area contributed by atoms with Crippen LogP contribution in [-0.4, -0.2) is 11.1 Å². The molecule has 0 N–H and O–H groups in total. The molecule has 1 saturated heterocycles. The van der Waals surface area contributed by atoms with Crippen LogP contribution in [0, 0.1) is 0 Å². The second-order valence-corrected chi connectivity index (χ2v) is 6.85. The average Bonchev–Trinajstić information content (AvgIpc) is 2.98. The summed E-state index contributed by atoms with van der Waals surface area (Å²) in [7, 11) is 0. The molecule has 0 aliphatic carbocycles. The van der Waals surface area contributed by atoms with E-state index in [1.165, 1.54) is 18.2 Å². The maximum atomic E-state index is 12.4. The number of benzene rings is 1. The Hall–Kier alpha value is -1.21. The van der Waals surface area contributed by atoms with Crippen molar-refractivity contribution >= 4 is 73.8 Å². The van der Waals surface area contributed by atoms with E-state index in [1.807, 2.05) is 0 Å². The van der Waals surface area contributed by atoms with Crippen LogP contribution in [0.5, 0.6) is 0 Å². The standard InChI is InChI=1S/C14H6BrCl2NO3S/c15-12-4-2-8(21-12)6-11-13(19)18(14(20)22-11)7-1-3-9(16)10(17)5-7/h1-6H/b11-6+. The first-order chi connectivity index (χ1) is 10.5. The minimum absolute atomic E-state index is 0.275. The first kappa shape index (κ1) is 15.7. The Morgan fingerprint density at radius 3 is 2.55 bits per heavy atom. The van der Waals surface area contributed by atoms with Gasteiger partial charge in [-0.25, -0.2) is 4.90 Å². The molecule has 1 aliphatic rings. The highest BCUT2D eigenvalue weighted by atomic mass is 79.9. The van der Waals surface area contributed by atoms with Crippen LogP contribution in [0.3, 0.4) is 0 Å². The second kappa shape index (κ2) is 6.12. The van der Waals surface area contributed by atoms with Crippen molar-refractivity contribution in [3.63, 3.8) is 0 Å². The van der Waals surface area contributed by atoms with Crippen LogP contribution < -0.4 is 4.90 Å². The normalized spacial score (nSPS) is 16.9. The summed E-state index contributed by atoms with van der Waals surface area (Å²) in [6.07, 6.45) is 1.52. The molecule has 1 fully saturated rings. The number of thioether (sulfide) groups is 1. The Balaban J connectivity index is 1.94. The number of furan rings is 1. The number of anilines is 1. The Morgan fingerprint density at radius 2 is 1.91 bits per heavy atom. The van der Waals surface area contributed by atoms with E-state index in [-0.39, 0.29) is 9.93 Å². The van der Waals surface area contributed by atoms with Crippen molar-refractivity contribution in [3.05, 3.63) is 55.7 Å². The zero-order valence-corrected chi connectivity index (χ0v) is 14.6. The van der Waals surface area contributed by atoms with Crippen LogP contribution in [0.1, 0.15) is 5.76 Å². The molecule has 0 unspecified atom stereocenters. The molecule has 1 aliphatic heterocycles. The summed E-state index contributed by atoms with van der Waals surface area (Å²) < 4.78 is 5.86. The Kier molecular flexibility index (Phi) is 4.36. The summed E-state index contributed by atoms with van der Waals surface area (Å²) in [5.74, 6) is 0.0485. The molecule has 2 aromatic rings. The molecule has 4 nitrogen and oxygen atoms in total. The zero-order chi connectivity index (χ0) is 15.9. The van der Waals surface area contributed by atoms with Gasteiger partial charge < -0.3 is 4.42 Å². The number of hydrogen-bond acceptors (Lipinski definition) is 4. The summed E-state index contributed by atoms with van der Waals surface area (Å²) in [4.78, 5) is 25.8. The number of nitrogens with zero attached hydrogens (tertiary/aromatic N) is 1. The number of hydrogen-bond donors (Lipinski definition) is 0. The highest BCUT2D eigenvalue weighted by Crippen LogP contribution is 2.37. The molecule has 0 spiro atoms. The number of imide groups is 1. The van der Waals surface area contributed by atoms with Crippen molar-refractivity contribution in [3.8, 4) is 0 Å². The van der Waals surface area contributed by atoms with Crippen molar-refractivity contribution in [1.29, 1.82) is 0 Å². The first-order valence-corrected chi connectivity index (χ1v) is 8.30. The molecule has 0 saturated carbocycles. The Labute approximate surface area is 148 Å². The lowest BCUT2D eigenvalue weighted by molar-refractivity contribution is -0.113. The monoisotopic (exact) mass is 417 g/mol. The van der Waals surface area contributed by atoms with Gasteiger partial charge in [-0.3, -0.25) is 9.59 Å². The van der Waals surface area contributed by atoms with Gasteiger partial charge in [-0.15, -0.1) is 0 Å². The molecule has 0 bridgehead atoms. The molecule has 2 heterocycles. The molecule has 1 aromatic carbocycles. The van der Waals surface area contributed by atoms with Crippen molar-refractivity contribution < 1.29 is 14.0 Å². The predicted molar refractivity (Wildman–Crippen MR) is 91.3 cm³/mol. The summed E-state index contributed by atoms with van der Waals surface area (Å²) in [5, 5.41) is 0.228.